The molecule has 0 aliphatic carbocycles. The highest BCUT2D eigenvalue weighted by Gasteiger charge is 2.16. The summed E-state index contributed by atoms with van der Waals surface area (Å²) in [6.45, 7) is 1.37. The first kappa shape index (κ1) is 21.1. The third-order valence-electron chi connectivity index (χ3n) is 4.22. The zero-order chi connectivity index (χ0) is 21.5. The minimum Gasteiger partial charge on any atom is -0.452 e. The average molecular weight is 423 g/mol. The average Bonchev–Trinajstić information content (AvgIpc) is 2.75. The number of hydrogen-bond donors (Lipinski definition) is 2. The molecule has 3 rings (SSSR count). The molecule has 0 unspecified atom stereocenters. The summed E-state index contributed by atoms with van der Waals surface area (Å²) in [5.41, 5.74) is 2.28. The molecular weight excluding hydrogens is 404 g/mol. The first-order chi connectivity index (χ1) is 14.4. The topological polar surface area (TPSA) is 84.5 Å². The first-order valence-electron chi connectivity index (χ1n) is 9.12. The maximum Gasteiger partial charge on any atom is 0.340 e. The van der Waals surface area contributed by atoms with Gasteiger partial charge in [0, 0.05) is 16.3 Å². The molecule has 0 aliphatic rings. The van der Waals surface area contributed by atoms with Crippen molar-refractivity contribution in [2.24, 2.45) is 0 Å². The Kier molecular flexibility index (Phi) is 6.83. The number of rotatable bonds is 6. The van der Waals surface area contributed by atoms with Gasteiger partial charge in [-0.2, -0.15) is 0 Å². The van der Waals surface area contributed by atoms with E-state index in [0.717, 1.165) is 5.56 Å². The van der Waals surface area contributed by atoms with Crippen molar-refractivity contribution in [3.8, 4) is 0 Å². The molecular formula is C23H19ClN2O4. The van der Waals surface area contributed by atoms with Crippen LogP contribution >= 0.6 is 11.6 Å². The number of hydrogen-bond acceptors (Lipinski definition) is 4. The van der Waals surface area contributed by atoms with Crippen LogP contribution in [0.1, 0.15) is 26.3 Å². The molecule has 0 aromatic heterocycles. The fourth-order valence-electron chi connectivity index (χ4n) is 2.63. The quantitative estimate of drug-likeness (QED) is 0.564. The number of para-hydroxylation sites is 1. The van der Waals surface area contributed by atoms with E-state index in [1.807, 2.05) is 6.92 Å². The molecule has 0 bridgehead atoms. The normalized spacial score (nSPS) is 10.2. The maximum absolute atomic E-state index is 12.5. The van der Waals surface area contributed by atoms with Crippen LogP contribution in [0.15, 0.2) is 72.8 Å². The van der Waals surface area contributed by atoms with Crippen molar-refractivity contribution in [1.29, 1.82) is 0 Å². The van der Waals surface area contributed by atoms with Crippen LogP contribution in [0.4, 0.5) is 11.4 Å². The lowest BCUT2D eigenvalue weighted by Crippen LogP contribution is -2.22. The van der Waals surface area contributed by atoms with E-state index in [1.54, 1.807) is 66.7 Å². The number of nitrogens with one attached hydrogen (secondary N) is 2. The smallest absolute Gasteiger partial charge is 0.340 e. The Morgan fingerprint density at radius 2 is 1.60 bits per heavy atom. The van der Waals surface area contributed by atoms with E-state index in [9.17, 15) is 14.4 Å². The van der Waals surface area contributed by atoms with E-state index < -0.39 is 18.5 Å². The van der Waals surface area contributed by atoms with Crippen molar-refractivity contribution in [1.82, 2.24) is 0 Å². The van der Waals surface area contributed by atoms with Crippen molar-refractivity contribution in [2.45, 2.75) is 6.92 Å². The number of benzene rings is 3. The van der Waals surface area contributed by atoms with Gasteiger partial charge in [0.2, 0.25) is 0 Å². The van der Waals surface area contributed by atoms with Crippen LogP contribution in [0.2, 0.25) is 5.02 Å². The highest BCUT2D eigenvalue weighted by molar-refractivity contribution is 6.31. The number of ether oxygens (including phenoxy) is 1. The van der Waals surface area contributed by atoms with E-state index in [0.29, 0.717) is 22.0 Å². The molecule has 0 atom stereocenters. The van der Waals surface area contributed by atoms with Crippen LogP contribution in [-0.4, -0.2) is 24.4 Å². The molecule has 0 saturated carbocycles. The Bertz CT molecular complexity index is 1080. The Morgan fingerprint density at radius 1 is 0.900 bits per heavy atom. The number of amides is 2. The Labute approximate surface area is 178 Å². The number of esters is 1. The van der Waals surface area contributed by atoms with Gasteiger partial charge in [-0.1, -0.05) is 48.0 Å². The van der Waals surface area contributed by atoms with E-state index >= 15 is 0 Å². The second-order valence-electron chi connectivity index (χ2n) is 6.45. The SMILES string of the molecule is Cc1ccc(NC(=O)COC(=O)c2ccccc2NC(=O)c2ccccc2)cc1Cl. The second kappa shape index (κ2) is 9.71. The molecule has 0 fully saturated rings. The molecule has 152 valence electrons. The summed E-state index contributed by atoms with van der Waals surface area (Å²) in [6, 6.07) is 20.1. The predicted molar refractivity (Wildman–Crippen MR) is 116 cm³/mol. The second-order valence-corrected chi connectivity index (χ2v) is 6.86. The van der Waals surface area contributed by atoms with Gasteiger partial charge in [-0.05, 0) is 48.9 Å². The molecule has 0 radical (unpaired) electrons. The third-order valence-corrected chi connectivity index (χ3v) is 4.63. The monoisotopic (exact) mass is 422 g/mol. The number of halogens is 1. The summed E-state index contributed by atoms with van der Waals surface area (Å²) in [7, 11) is 0. The predicted octanol–water partition coefficient (Wildman–Crippen LogP) is 4.70. The van der Waals surface area contributed by atoms with Crippen LogP contribution in [-0.2, 0) is 9.53 Å². The minimum absolute atomic E-state index is 0.146. The number of aryl methyl sites for hydroxylation is 1. The lowest BCUT2D eigenvalue weighted by molar-refractivity contribution is -0.119. The molecule has 0 spiro atoms. The van der Waals surface area contributed by atoms with Gasteiger partial charge >= 0.3 is 5.97 Å². The van der Waals surface area contributed by atoms with Gasteiger partial charge in [0.1, 0.15) is 0 Å². The fraction of sp³-hybridized carbons (Fsp3) is 0.0870. The van der Waals surface area contributed by atoms with Crippen LogP contribution in [0.3, 0.4) is 0 Å². The van der Waals surface area contributed by atoms with Crippen molar-refractivity contribution in [2.75, 3.05) is 17.2 Å². The Morgan fingerprint density at radius 3 is 2.33 bits per heavy atom. The van der Waals surface area contributed by atoms with Crippen LogP contribution in [0, 0.1) is 6.92 Å². The van der Waals surface area contributed by atoms with E-state index in [1.165, 1.54) is 6.07 Å². The van der Waals surface area contributed by atoms with E-state index in [-0.39, 0.29) is 11.5 Å². The zero-order valence-corrected chi connectivity index (χ0v) is 16.9. The standard InChI is InChI=1S/C23H19ClN2O4/c1-15-11-12-17(13-19(15)24)25-21(27)14-30-23(29)18-9-5-6-10-20(18)26-22(28)16-7-3-2-4-8-16/h2-13H,14H2,1H3,(H,25,27)(H,26,28). The van der Waals surface area contributed by atoms with Crippen LogP contribution < -0.4 is 10.6 Å². The Hall–Kier alpha value is -3.64. The van der Waals surface area contributed by atoms with Crippen molar-refractivity contribution in [3.63, 3.8) is 0 Å². The Balaban J connectivity index is 1.62. The number of carbonyl (C=O) groups excluding carboxylic acids is 3. The van der Waals surface area contributed by atoms with Crippen LogP contribution in [0.5, 0.6) is 0 Å². The fourth-order valence-corrected chi connectivity index (χ4v) is 2.81. The molecule has 0 heterocycles. The largest absolute Gasteiger partial charge is 0.452 e. The lowest BCUT2D eigenvalue weighted by Gasteiger charge is -2.11. The van der Waals surface area contributed by atoms with Gasteiger partial charge in [-0.15, -0.1) is 0 Å². The van der Waals surface area contributed by atoms with Crippen LogP contribution in [0.25, 0.3) is 0 Å². The zero-order valence-electron chi connectivity index (χ0n) is 16.1. The molecule has 0 saturated heterocycles. The number of anilines is 2. The molecule has 3 aromatic rings. The van der Waals surface area contributed by atoms with Gasteiger partial charge in [-0.25, -0.2) is 4.79 Å². The maximum atomic E-state index is 12.5. The third kappa shape index (κ3) is 5.46. The lowest BCUT2D eigenvalue weighted by atomic mass is 10.1. The first-order valence-corrected chi connectivity index (χ1v) is 9.50. The highest BCUT2D eigenvalue weighted by atomic mass is 35.5. The summed E-state index contributed by atoms with van der Waals surface area (Å²) in [6.07, 6.45) is 0. The van der Waals surface area contributed by atoms with E-state index in [2.05, 4.69) is 10.6 Å². The summed E-state index contributed by atoms with van der Waals surface area (Å²) < 4.78 is 5.11. The summed E-state index contributed by atoms with van der Waals surface area (Å²) in [5.74, 6) is -1.59. The van der Waals surface area contributed by atoms with Gasteiger partial charge in [0.15, 0.2) is 6.61 Å². The summed E-state index contributed by atoms with van der Waals surface area (Å²) in [5, 5.41) is 5.83. The van der Waals surface area contributed by atoms with Gasteiger partial charge in [-0.3, -0.25) is 9.59 Å². The molecule has 0 aliphatic heterocycles. The van der Waals surface area contributed by atoms with Gasteiger partial charge < -0.3 is 15.4 Å². The van der Waals surface area contributed by atoms with Gasteiger partial charge in [0.05, 0.1) is 11.3 Å². The molecule has 3 aromatic carbocycles. The minimum atomic E-state index is -0.726. The molecule has 2 amide bonds. The number of carbonyl (C=O) groups is 3. The summed E-state index contributed by atoms with van der Waals surface area (Å²) in [4.78, 5) is 36.9. The molecule has 7 heteroatoms. The highest BCUT2D eigenvalue weighted by Crippen LogP contribution is 2.20. The van der Waals surface area contributed by atoms with Crippen molar-refractivity contribution in [3.05, 3.63) is 94.5 Å². The summed E-state index contributed by atoms with van der Waals surface area (Å²) >= 11 is 6.04. The van der Waals surface area contributed by atoms with Crippen molar-refractivity contribution >= 4 is 40.8 Å². The van der Waals surface area contributed by atoms with Gasteiger partial charge in [0.25, 0.3) is 11.8 Å². The molecule has 6 nitrogen and oxygen atoms in total. The van der Waals surface area contributed by atoms with E-state index in [4.69, 9.17) is 16.3 Å². The molecule has 2 N–H and O–H groups in total. The molecule has 30 heavy (non-hydrogen) atoms. The van der Waals surface area contributed by atoms with Crippen molar-refractivity contribution < 1.29 is 19.1 Å².